The first-order chi connectivity index (χ1) is 16.2. The van der Waals surface area contributed by atoms with Gasteiger partial charge in [-0.25, -0.2) is 14.8 Å². The number of urea groups is 1. The van der Waals surface area contributed by atoms with E-state index in [-0.39, 0.29) is 17.5 Å². The van der Waals surface area contributed by atoms with Gasteiger partial charge in [-0.3, -0.25) is 0 Å². The van der Waals surface area contributed by atoms with Crippen molar-refractivity contribution in [3.63, 3.8) is 0 Å². The van der Waals surface area contributed by atoms with Crippen LogP contribution in [0.15, 0.2) is 59.3 Å². The smallest absolute Gasteiger partial charge is 0.417 e. The number of hydrogen-bond donors (Lipinski definition) is 2. The van der Waals surface area contributed by atoms with Gasteiger partial charge in [0.15, 0.2) is 0 Å². The average Bonchev–Trinajstić information content (AvgIpc) is 3.21. The van der Waals surface area contributed by atoms with Gasteiger partial charge in [0, 0.05) is 30.4 Å². The van der Waals surface area contributed by atoms with Crippen molar-refractivity contribution in [2.75, 3.05) is 10.6 Å². The minimum absolute atomic E-state index is 0.0774. The van der Waals surface area contributed by atoms with Gasteiger partial charge in [-0.2, -0.15) is 13.2 Å². The Labute approximate surface area is 195 Å². The monoisotopic (exact) mass is 490 g/mol. The van der Waals surface area contributed by atoms with E-state index < -0.39 is 22.8 Å². The third kappa shape index (κ3) is 5.59. The fraction of sp³-hybridized carbons (Fsp3) is 0.0952. The van der Waals surface area contributed by atoms with Crippen molar-refractivity contribution in [3.05, 3.63) is 71.3 Å². The van der Waals surface area contributed by atoms with Crippen molar-refractivity contribution < 1.29 is 27.1 Å². The summed E-state index contributed by atoms with van der Waals surface area (Å²) >= 11 is 5.59. The van der Waals surface area contributed by atoms with Crippen molar-refractivity contribution in [3.8, 4) is 23.2 Å². The van der Waals surface area contributed by atoms with Crippen molar-refractivity contribution in [2.24, 2.45) is 0 Å². The maximum atomic E-state index is 13.0. The topological polar surface area (TPSA) is 115 Å². The summed E-state index contributed by atoms with van der Waals surface area (Å²) in [5, 5.41) is 12.0. The summed E-state index contributed by atoms with van der Waals surface area (Å²) in [7, 11) is 0. The quantitative estimate of drug-likeness (QED) is 0.355. The highest BCUT2D eigenvalue weighted by atomic mass is 35.5. The number of rotatable bonds is 5. The predicted molar refractivity (Wildman–Crippen MR) is 116 cm³/mol. The van der Waals surface area contributed by atoms with E-state index >= 15 is 0 Å². The van der Waals surface area contributed by atoms with Gasteiger partial charge >= 0.3 is 12.2 Å². The SMILES string of the molecule is Cc1nnc(-c2cc(Oc3cccc(NC(=O)Nc4ccc(Cl)c(C(F)(F)F)c4)c3)ncn2)o1. The largest absolute Gasteiger partial charge is 0.439 e. The second-order valence-corrected chi connectivity index (χ2v) is 7.18. The number of benzene rings is 2. The Morgan fingerprint density at radius 1 is 1.03 bits per heavy atom. The van der Waals surface area contributed by atoms with Gasteiger partial charge in [0.2, 0.25) is 11.8 Å². The first-order valence-electron chi connectivity index (χ1n) is 9.52. The normalized spacial score (nSPS) is 11.2. The van der Waals surface area contributed by atoms with E-state index in [1.165, 1.54) is 24.5 Å². The van der Waals surface area contributed by atoms with Crippen LogP contribution >= 0.6 is 11.6 Å². The lowest BCUT2D eigenvalue weighted by molar-refractivity contribution is -0.137. The van der Waals surface area contributed by atoms with E-state index in [0.717, 1.165) is 12.1 Å². The number of anilines is 2. The molecule has 0 aliphatic rings. The summed E-state index contributed by atoms with van der Waals surface area (Å²) in [4.78, 5) is 20.4. The number of carbonyl (C=O) groups is 1. The van der Waals surface area contributed by atoms with Gasteiger partial charge in [0.25, 0.3) is 5.89 Å². The maximum Gasteiger partial charge on any atom is 0.417 e. The Bertz CT molecular complexity index is 1350. The number of aromatic nitrogens is 4. The van der Waals surface area contributed by atoms with Gasteiger partial charge in [0.1, 0.15) is 17.8 Å². The van der Waals surface area contributed by atoms with Crippen LogP contribution in [0, 0.1) is 6.92 Å². The molecule has 0 aliphatic carbocycles. The van der Waals surface area contributed by atoms with E-state index in [0.29, 0.717) is 23.0 Å². The summed E-state index contributed by atoms with van der Waals surface area (Å²) in [6.07, 6.45) is -3.39. The number of halogens is 4. The standard InChI is InChI=1S/C21H14ClF3N6O3/c1-11-30-31-19(33-11)17-9-18(27-10-26-17)34-14-4-2-3-12(7-14)28-20(32)29-13-5-6-16(22)15(8-13)21(23,24)25/h2-10H,1H3,(H2,28,29,32). The number of nitrogens with zero attached hydrogens (tertiary/aromatic N) is 4. The second-order valence-electron chi connectivity index (χ2n) is 6.77. The molecule has 0 atom stereocenters. The first-order valence-corrected chi connectivity index (χ1v) is 9.90. The number of nitrogens with one attached hydrogen (secondary N) is 2. The van der Waals surface area contributed by atoms with E-state index in [4.69, 9.17) is 20.8 Å². The minimum Gasteiger partial charge on any atom is -0.439 e. The molecule has 174 valence electrons. The molecule has 0 spiro atoms. The Hall–Kier alpha value is -4.19. The van der Waals surface area contributed by atoms with E-state index in [9.17, 15) is 18.0 Å². The Morgan fingerprint density at radius 3 is 2.50 bits per heavy atom. The zero-order valence-corrected chi connectivity index (χ0v) is 18.0. The summed E-state index contributed by atoms with van der Waals surface area (Å²) in [6.45, 7) is 1.64. The molecule has 0 fully saturated rings. The number of carbonyl (C=O) groups excluding carboxylic acids is 1. The van der Waals surface area contributed by atoms with Crippen LogP contribution in [0.25, 0.3) is 11.6 Å². The van der Waals surface area contributed by atoms with Crippen LogP contribution in [-0.4, -0.2) is 26.2 Å². The van der Waals surface area contributed by atoms with Crippen LogP contribution in [0.4, 0.5) is 29.3 Å². The molecule has 34 heavy (non-hydrogen) atoms. The molecule has 4 rings (SSSR count). The maximum absolute atomic E-state index is 13.0. The van der Waals surface area contributed by atoms with Crippen molar-refractivity contribution in [1.82, 2.24) is 20.2 Å². The molecular formula is C21H14ClF3N6O3. The van der Waals surface area contributed by atoms with Gasteiger partial charge in [-0.15, -0.1) is 10.2 Å². The fourth-order valence-corrected chi connectivity index (χ4v) is 3.01. The molecule has 2 aromatic carbocycles. The second kappa shape index (κ2) is 9.35. The van der Waals surface area contributed by atoms with Crippen molar-refractivity contribution in [2.45, 2.75) is 13.1 Å². The summed E-state index contributed by atoms with van der Waals surface area (Å²) in [6, 6.07) is 10.1. The summed E-state index contributed by atoms with van der Waals surface area (Å²) < 4.78 is 50.1. The zero-order valence-electron chi connectivity index (χ0n) is 17.2. The summed E-state index contributed by atoms with van der Waals surface area (Å²) in [5.74, 6) is 1.09. The Kier molecular flexibility index (Phi) is 6.32. The predicted octanol–water partition coefficient (Wildman–Crippen LogP) is 5.94. The van der Waals surface area contributed by atoms with Crippen LogP contribution in [0.5, 0.6) is 11.6 Å². The lowest BCUT2D eigenvalue weighted by atomic mass is 10.2. The Morgan fingerprint density at radius 2 is 1.79 bits per heavy atom. The number of aryl methyl sites for hydroxylation is 1. The van der Waals surface area contributed by atoms with Crippen LogP contribution < -0.4 is 15.4 Å². The highest BCUT2D eigenvalue weighted by Crippen LogP contribution is 2.36. The molecule has 0 bridgehead atoms. The average molecular weight is 491 g/mol. The molecule has 2 heterocycles. The lowest BCUT2D eigenvalue weighted by Gasteiger charge is -2.13. The van der Waals surface area contributed by atoms with Crippen LogP contribution in [-0.2, 0) is 6.18 Å². The molecule has 0 saturated heterocycles. The molecule has 2 aromatic heterocycles. The van der Waals surface area contributed by atoms with Gasteiger partial charge < -0.3 is 19.8 Å². The molecule has 2 N–H and O–H groups in total. The number of alkyl halides is 3. The Balaban J connectivity index is 1.44. The van der Waals surface area contributed by atoms with Gasteiger partial charge in [-0.1, -0.05) is 17.7 Å². The molecule has 0 unspecified atom stereocenters. The van der Waals surface area contributed by atoms with Gasteiger partial charge in [0.05, 0.1) is 10.6 Å². The highest BCUT2D eigenvalue weighted by Gasteiger charge is 2.33. The molecule has 9 nitrogen and oxygen atoms in total. The zero-order chi connectivity index (χ0) is 24.3. The van der Waals surface area contributed by atoms with E-state index in [2.05, 4.69) is 30.8 Å². The molecule has 0 saturated carbocycles. The van der Waals surface area contributed by atoms with Crippen LogP contribution in [0.3, 0.4) is 0 Å². The van der Waals surface area contributed by atoms with E-state index in [1.807, 2.05) is 0 Å². The molecule has 13 heteroatoms. The summed E-state index contributed by atoms with van der Waals surface area (Å²) in [5.41, 5.74) is -0.448. The highest BCUT2D eigenvalue weighted by molar-refractivity contribution is 6.31. The third-order valence-corrected chi connectivity index (χ3v) is 4.56. The van der Waals surface area contributed by atoms with Crippen molar-refractivity contribution >= 4 is 29.0 Å². The minimum atomic E-state index is -4.65. The molecule has 2 amide bonds. The number of amides is 2. The van der Waals surface area contributed by atoms with Crippen molar-refractivity contribution in [1.29, 1.82) is 0 Å². The molecule has 0 radical (unpaired) electrons. The molecule has 0 aliphatic heterocycles. The molecular weight excluding hydrogens is 477 g/mol. The first kappa shape index (κ1) is 23.0. The fourth-order valence-electron chi connectivity index (χ4n) is 2.78. The van der Waals surface area contributed by atoms with Crippen LogP contribution in [0.1, 0.15) is 11.5 Å². The number of ether oxygens (including phenoxy) is 1. The molecule has 4 aromatic rings. The van der Waals surface area contributed by atoms with Crippen LogP contribution in [0.2, 0.25) is 5.02 Å². The number of hydrogen-bond acceptors (Lipinski definition) is 7. The third-order valence-electron chi connectivity index (χ3n) is 4.23. The lowest BCUT2D eigenvalue weighted by Crippen LogP contribution is -2.20. The van der Waals surface area contributed by atoms with E-state index in [1.54, 1.807) is 25.1 Å². The van der Waals surface area contributed by atoms with Gasteiger partial charge in [-0.05, 0) is 30.3 Å².